The summed E-state index contributed by atoms with van der Waals surface area (Å²) in [5, 5.41) is 3.86. The summed E-state index contributed by atoms with van der Waals surface area (Å²) < 4.78 is 12.4. The highest BCUT2D eigenvalue weighted by molar-refractivity contribution is 7.80. The lowest BCUT2D eigenvalue weighted by Crippen LogP contribution is -2.48. The van der Waals surface area contributed by atoms with Gasteiger partial charge in [-0.05, 0) is 43.9 Å². The van der Waals surface area contributed by atoms with Gasteiger partial charge >= 0.3 is 5.76 Å². The molecule has 1 saturated heterocycles. The number of hydrogen-bond acceptors (Lipinski definition) is 7. The van der Waals surface area contributed by atoms with Crippen LogP contribution in [0.4, 0.5) is 0 Å². The number of rotatable bonds is 9. The molecule has 5 rings (SSSR count). The minimum atomic E-state index is -0.597. The van der Waals surface area contributed by atoms with E-state index in [1.165, 1.54) is 0 Å². The molecule has 0 spiro atoms. The van der Waals surface area contributed by atoms with Crippen LogP contribution in [0.15, 0.2) is 62.6 Å². The molecule has 1 N–H and O–H groups in total. The van der Waals surface area contributed by atoms with Crippen molar-refractivity contribution < 1.29 is 9.26 Å². The van der Waals surface area contributed by atoms with Gasteiger partial charge in [-0.15, -0.1) is 0 Å². The fourth-order valence-corrected chi connectivity index (χ4v) is 5.85. The highest BCUT2D eigenvalue weighted by Crippen LogP contribution is 2.30. The number of nitrogens with one attached hydrogen (secondary N) is 1. The molecule has 0 saturated carbocycles. The molecule has 2 atom stereocenters. The van der Waals surface area contributed by atoms with E-state index in [-0.39, 0.29) is 17.8 Å². The van der Waals surface area contributed by atoms with Gasteiger partial charge in [0.25, 0.3) is 5.56 Å². The Labute approximate surface area is 250 Å². The largest absolute Gasteiger partial charge is 0.439 e. The number of morpholine rings is 1. The average molecular weight is 588 g/mol. The molecule has 0 amide bonds. The van der Waals surface area contributed by atoms with Gasteiger partial charge in [0.15, 0.2) is 5.82 Å². The summed E-state index contributed by atoms with van der Waals surface area (Å²) in [5.41, 5.74) is 4.99. The lowest BCUT2D eigenvalue weighted by atomic mass is 9.98. The molecular weight excluding hydrogens is 550 g/mol. The maximum atomic E-state index is 14.0. The van der Waals surface area contributed by atoms with Gasteiger partial charge in [-0.3, -0.25) is 18.9 Å². The minimum Gasteiger partial charge on any atom is -0.372 e. The van der Waals surface area contributed by atoms with Crippen LogP contribution in [0, 0.1) is 6.92 Å². The number of unbranched alkanes of at least 4 members (excludes halogenated alkanes) is 1. The first kappa shape index (κ1) is 29.6. The Balaban J connectivity index is 1.43. The van der Waals surface area contributed by atoms with E-state index >= 15 is 0 Å². The van der Waals surface area contributed by atoms with Gasteiger partial charge < -0.3 is 9.64 Å². The van der Waals surface area contributed by atoms with Gasteiger partial charge in [-0.25, -0.2) is 9.78 Å². The number of H-pyrrole nitrogens is 1. The molecule has 9 nitrogen and oxygen atoms in total. The highest BCUT2D eigenvalue weighted by atomic mass is 32.1. The van der Waals surface area contributed by atoms with Crippen molar-refractivity contribution in [3.05, 3.63) is 92.1 Å². The molecule has 0 aliphatic carbocycles. The van der Waals surface area contributed by atoms with E-state index in [4.69, 9.17) is 26.5 Å². The van der Waals surface area contributed by atoms with Gasteiger partial charge in [-0.2, -0.15) is 0 Å². The van der Waals surface area contributed by atoms with Crippen molar-refractivity contribution in [2.45, 2.75) is 72.1 Å². The quantitative estimate of drug-likeness (QED) is 0.275. The number of hydrogen-bond donors (Lipinski definition) is 1. The van der Waals surface area contributed by atoms with Gasteiger partial charge in [0.05, 0.1) is 23.7 Å². The van der Waals surface area contributed by atoms with Crippen molar-refractivity contribution in [1.29, 1.82) is 0 Å². The zero-order valence-corrected chi connectivity index (χ0v) is 25.4. The summed E-state index contributed by atoms with van der Waals surface area (Å²) in [5.74, 6) is 0.580. The fourth-order valence-electron chi connectivity index (χ4n) is 5.55. The van der Waals surface area contributed by atoms with E-state index in [0.29, 0.717) is 24.4 Å². The second kappa shape index (κ2) is 13.0. The first-order valence-corrected chi connectivity index (χ1v) is 14.9. The number of aryl methyl sites for hydroxylation is 2. The van der Waals surface area contributed by atoms with Crippen molar-refractivity contribution >= 4 is 17.2 Å². The highest BCUT2D eigenvalue weighted by Gasteiger charge is 2.25. The Morgan fingerprint density at radius 2 is 1.74 bits per heavy atom. The van der Waals surface area contributed by atoms with Crippen LogP contribution in [0.5, 0.6) is 0 Å². The average Bonchev–Trinajstić information content (AvgIpc) is 3.41. The monoisotopic (exact) mass is 587 g/mol. The summed E-state index contributed by atoms with van der Waals surface area (Å²) in [7, 11) is 0. The number of benzene rings is 2. The lowest BCUT2D eigenvalue weighted by molar-refractivity contribution is -0.0477. The van der Waals surface area contributed by atoms with E-state index < -0.39 is 5.76 Å². The molecule has 42 heavy (non-hydrogen) atoms. The van der Waals surface area contributed by atoms with Gasteiger partial charge in [0, 0.05) is 42.8 Å². The molecule has 220 valence electrons. The van der Waals surface area contributed by atoms with Gasteiger partial charge in [-0.1, -0.05) is 79.3 Å². The van der Waals surface area contributed by atoms with Crippen molar-refractivity contribution in [3.63, 3.8) is 0 Å². The molecular formula is C32H37N5O4S. The second-order valence-corrected chi connectivity index (χ2v) is 11.5. The standard InChI is InChI=1S/C32H37N5O4S/c1-5-6-11-28-33-22(4)27(16-29(42)36-17-20(2)40-21(3)18-36)31(38)37(28)19-23-12-14-24(15-13-23)25-9-7-8-10-26(25)30-34-32(39)41-35-30/h7-10,12-15,20-21H,5-6,11,16-19H2,1-4H3,(H,34,35,39). The molecule has 3 heterocycles. The number of thiocarbonyl (C=S) groups is 1. The maximum Gasteiger partial charge on any atom is 0.439 e. The van der Waals surface area contributed by atoms with Gasteiger partial charge in [0.1, 0.15) is 5.82 Å². The third-order valence-corrected chi connectivity index (χ3v) is 8.03. The summed E-state index contributed by atoms with van der Waals surface area (Å²) in [4.78, 5) is 36.0. The predicted molar refractivity (Wildman–Crippen MR) is 167 cm³/mol. The predicted octanol–water partition coefficient (Wildman–Crippen LogP) is 4.93. The maximum absolute atomic E-state index is 14.0. The van der Waals surface area contributed by atoms with Crippen LogP contribution in [-0.4, -0.2) is 54.9 Å². The van der Waals surface area contributed by atoms with Crippen LogP contribution in [-0.2, 0) is 24.1 Å². The molecule has 0 radical (unpaired) electrons. The van der Waals surface area contributed by atoms with Crippen LogP contribution in [0.2, 0.25) is 0 Å². The van der Waals surface area contributed by atoms with Crippen LogP contribution in [0.1, 0.15) is 56.3 Å². The molecule has 2 unspecified atom stereocenters. The minimum absolute atomic E-state index is 0.0327. The Bertz CT molecular complexity index is 1660. The summed E-state index contributed by atoms with van der Waals surface area (Å²) in [6, 6.07) is 15.8. The summed E-state index contributed by atoms with van der Waals surface area (Å²) in [6.07, 6.45) is 3.27. The Hall–Kier alpha value is -3.89. The normalized spacial score (nSPS) is 17.0. The molecule has 2 aromatic heterocycles. The zero-order valence-electron chi connectivity index (χ0n) is 24.6. The number of nitrogens with zero attached hydrogens (tertiary/aromatic N) is 4. The SMILES string of the molecule is CCCCc1nc(C)c(CC(=S)N2CC(C)OC(C)C2)c(=O)n1Cc1ccc(-c2ccccc2-c2noc(=O)[nH]2)cc1. The van der Waals surface area contributed by atoms with E-state index in [0.717, 1.165) is 71.1 Å². The van der Waals surface area contributed by atoms with E-state index in [1.807, 2.05) is 73.9 Å². The lowest BCUT2D eigenvalue weighted by Gasteiger charge is -2.37. The molecule has 1 fully saturated rings. The molecule has 1 aliphatic rings. The van der Waals surface area contributed by atoms with E-state index in [1.54, 1.807) is 0 Å². The van der Waals surface area contributed by atoms with Crippen LogP contribution < -0.4 is 11.3 Å². The smallest absolute Gasteiger partial charge is 0.372 e. The topological polar surface area (TPSA) is 106 Å². The zero-order chi connectivity index (χ0) is 29.8. The van der Waals surface area contributed by atoms with E-state index in [2.05, 4.69) is 22.0 Å². The molecule has 10 heteroatoms. The Morgan fingerprint density at radius 3 is 2.38 bits per heavy atom. The number of aromatic amines is 1. The Morgan fingerprint density at radius 1 is 1.05 bits per heavy atom. The number of aromatic nitrogens is 4. The van der Waals surface area contributed by atoms with Crippen molar-refractivity contribution in [2.75, 3.05) is 13.1 Å². The first-order valence-electron chi connectivity index (χ1n) is 14.5. The second-order valence-electron chi connectivity index (χ2n) is 11.0. The third kappa shape index (κ3) is 6.60. The first-order chi connectivity index (χ1) is 20.2. The Kier molecular flexibility index (Phi) is 9.13. The summed E-state index contributed by atoms with van der Waals surface area (Å²) >= 11 is 5.83. The van der Waals surface area contributed by atoms with Crippen LogP contribution in [0.3, 0.4) is 0 Å². The van der Waals surface area contributed by atoms with E-state index in [9.17, 15) is 9.59 Å². The van der Waals surface area contributed by atoms with Crippen LogP contribution >= 0.6 is 12.2 Å². The van der Waals surface area contributed by atoms with Crippen molar-refractivity contribution in [1.82, 2.24) is 24.6 Å². The fraction of sp³-hybridized carbons (Fsp3) is 0.406. The van der Waals surface area contributed by atoms with Crippen molar-refractivity contribution in [3.8, 4) is 22.5 Å². The summed E-state index contributed by atoms with van der Waals surface area (Å²) in [6.45, 7) is 10.0. The van der Waals surface area contributed by atoms with Crippen molar-refractivity contribution in [2.24, 2.45) is 0 Å². The molecule has 4 aromatic rings. The van der Waals surface area contributed by atoms with Gasteiger partial charge in [0.2, 0.25) is 0 Å². The molecule has 2 aromatic carbocycles. The van der Waals surface area contributed by atoms with Crippen LogP contribution in [0.25, 0.3) is 22.5 Å². The number of ether oxygens (including phenoxy) is 1. The molecule has 1 aliphatic heterocycles. The third-order valence-electron chi connectivity index (χ3n) is 7.63. The molecule has 0 bridgehead atoms.